The van der Waals surface area contributed by atoms with Gasteiger partial charge in [-0.3, -0.25) is 0 Å². The number of ether oxygens (including phenoxy) is 3. The van der Waals surface area contributed by atoms with E-state index < -0.39 is 5.60 Å². The lowest BCUT2D eigenvalue weighted by Crippen LogP contribution is -2.35. The molecular formula is C25H28N4O4S. The molecule has 1 N–H and O–H groups in total. The summed E-state index contributed by atoms with van der Waals surface area (Å²) < 4.78 is 16.4. The molecule has 178 valence electrons. The number of pyridine rings is 1. The van der Waals surface area contributed by atoms with Crippen LogP contribution in [0, 0.1) is 27.3 Å². The summed E-state index contributed by atoms with van der Waals surface area (Å²) >= 11 is 5.49. The maximum absolute atomic E-state index is 12.5. The fourth-order valence-electron chi connectivity index (χ4n) is 3.89. The number of aromatic nitrogens is 1. The summed E-state index contributed by atoms with van der Waals surface area (Å²) in [5, 5.41) is 19.9. The second-order valence-corrected chi connectivity index (χ2v) is 9.40. The monoisotopic (exact) mass is 480 g/mol. The highest BCUT2D eigenvalue weighted by molar-refractivity contribution is 7.71. The van der Waals surface area contributed by atoms with Crippen LogP contribution in [0.5, 0.6) is 5.75 Å². The molecule has 0 spiro atoms. The lowest BCUT2D eigenvalue weighted by Gasteiger charge is -2.24. The lowest BCUT2D eigenvalue weighted by atomic mass is 9.90. The number of benzene rings is 1. The first-order valence-corrected chi connectivity index (χ1v) is 11.4. The quantitative estimate of drug-likeness (QED) is 0.462. The number of rotatable bonds is 6. The maximum atomic E-state index is 12.5. The van der Waals surface area contributed by atoms with Crippen molar-refractivity contribution in [1.29, 1.82) is 10.5 Å². The number of aromatic amines is 1. The molecule has 1 atom stereocenters. The fourth-order valence-corrected chi connectivity index (χ4v) is 4.14. The molecule has 1 aromatic heterocycles. The third-order valence-corrected chi connectivity index (χ3v) is 5.72. The molecule has 2 heterocycles. The Labute approximate surface area is 204 Å². The molecule has 1 aliphatic heterocycles. The Morgan fingerprint density at radius 3 is 2.44 bits per heavy atom. The Kier molecular flexibility index (Phi) is 7.93. The third kappa shape index (κ3) is 5.74. The van der Waals surface area contributed by atoms with Crippen molar-refractivity contribution in [3.05, 3.63) is 45.7 Å². The Balaban J connectivity index is 1.96. The number of amides is 1. The van der Waals surface area contributed by atoms with Crippen molar-refractivity contribution in [2.75, 3.05) is 33.4 Å². The molecular weight excluding hydrogens is 452 g/mol. The van der Waals surface area contributed by atoms with Gasteiger partial charge in [-0.15, -0.1) is 0 Å². The molecule has 2 aromatic rings. The zero-order valence-electron chi connectivity index (χ0n) is 19.8. The average molecular weight is 481 g/mol. The van der Waals surface area contributed by atoms with E-state index in [1.807, 2.05) is 20.8 Å². The van der Waals surface area contributed by atoms with Gasteiger partial charge in [0.25, 0.3) is 0 Å². The van der Waals surface area contributed by atoms with Crippen molar-refractivity contribution < 1.29 is 19.0 Å². The van der Waals surface area contributed by atoms with Gasteiger partial charge in [-0.2, -0.15) is 10.5 Å². The number of likely N-dealkylation sites (tertiary alicyclic amines) is 1. The fraction of sp³-hybridized carbons (Fsp3) is 0.440. The van der Waals surface area contributed by atoms with Gasteiger partial charge in [-0.1, -0.05) is 24.4 Å². The highest BCUT2D eigenvalue weighted by atomic mass is 32.1. The number of nitriles is 2. The van der Waals surface area contributed by atoms with E-state index in [1.54, 1.807) is 36.3 Å². The number of hydrogen-bond acceptors (Lipinski definition) is 7. The van der Waals surface area contributed by atoms with Crippen LogP contribution in [0.3, 0.4) is 0 Å². The Hall–Kier alpha value is -3.40. The number of carbonyl (C=O) groups excluding carboxylic acids is 1. The Morgan fingerprint density at radius 1 is 1.18 bits per heavy atom. The highest BCUT2D eigenvalue weighted by Gasteiger charge is 2.33. The zero-order chi connectivity index (χ0) is 24.9. The molecule has 3 rings (SSSR count). The summed E-state index contributed by atoms with van der Waals surface area (Å²) in [6.07, 6.45) is 0.265. The van der Waals surface area contributed by atoms with Crippen molar-refractivity contribution in [2.24, 2.45) is 0 Å². The summed E-state index contributed by atoms with van der Waals surface area (Å²) in [6.45, 7) is 7.26. The minimum atomic E-state index is -0.589. The molecule has 0 aliphatic carbocycles. The predicted molar refractivity (Wildman–Crippen MR) is 129 cm³/mol. The third-order valence-electron chi connectivity index (χ3n) is 5.42. The van der Waals surface area contributed by atoms with Crippen LogP contribution in [0.4, 0.5) is 4.79 Å². The van der Waals surface area contributed by atoms with Crippen LogP contribution in [0.2, 0.25) is 0 Å². The van der Waals surface area contributed by atoms with E-state index in [4.69, 9.17) is 26.4 Å². The van der Waals surface area contributed by atoms with Gasteiger partial charge in [0, 0.05) is 37.4 Å². The minimum Gasteiger partial charge on any atom is -0.491 e. The van der Waals surface area contributed by atoms with E-state index in [0.717, 1.165) is 0 Å². The first kappa shape index (κ1) is 25.2. The molecule has 0 radical (unpaired) electrons. The van der Waals surface area contributed by atoms with Gasteiger partial charge in [0.15, 0.2) is 0 Å². The van der Waals surface area contributed by atoms with Crippen LogP contribution >= 0.6 is 12.2 Å². The number of carbonyl (C=O) groups is 1. The molecule has 9 heteroatoms. The predicted octanol–water partition coefficient (Wildman–Crippen LogP) is 4.90. The number of methoxy groups -OCH3 is 1. The van der Waals surface area contributed by atoms with Gasteiger partial charge in [0.1, 0.15) is 34.7 Å². The summed E-state index contributed by atoms with van der Waals surface area (Å²) in [6, 6.07) is 11.6. The maximum Gasteiger partial charge on any atom is 0.410 e. The molecule has 1 aliphatic rings. The molecule has 0 saturated carbocycles. The highest BCUT2D eigenvalue weighted by Crippen LogP contribution is 2.36. The molecule has 8 nitrogen and oxygen atoms in total. The zero-order valence-corrected chi connectivity index (χ0v) is 20.6. The van der Waals surface area contributed by atoms with E-state index in [0.29, 0.717) is 60.9 Å². The molecule has 1 fully saturated rings. The SMILES string of the molecule is COCCOc1ccc(-c2c(C#N)c(C3CCN(C(=O)OC(C)(C)C)C3)[nH]c(=S)c2C#N)cc1. The molecule has 34 heavy (non-hydrogen) atoms. The van der Waals surface area contributed by atoms with Crippen LogP contribution in [-0.2, 0) is 9.47 Å². The van der Waals surface area contributed by atoms with Crippen molar-refractivity contribution in [1.82, 2.24) is 9.88 Å². The first-order chi connectivity index (χ1) is 16.2. The van der Waals surface area contributed by atoms with E-state index in [-0.39, 0.29) is 22.2 Å². The number of hydrogen-bond donors (Lipinski definition) is 1. The van der Waals surface area contributed by atoms with Crippen LogP contribution in [-0.4, -0.2) is 55.0 Å². The summed E-state index contributed by atoms with van der Waals surface area (Å²) in [7, 11) is 1.60. The minimum absolute atomic E-state index is 0.132. The van der Waals surface area contributed by atoms with Gasteiger partial charge in [-0.05, 0) is 44.9 Å². The van der Waals surface area contributed by atoms with Crippen LogP contribution < -0.4 is 4.74 Å². The van der Waals surface area contributed by atoms with Crippen LogP contribution in [0.1, 0.15) is 49.9 Å². The number of H-pyrrole nitrogens is 1. The van der Waals surface area contributed by atoms with Gasteiger partial charge in [-0.25, -0.2) is 4.79 Å². The molecule has 1 unspecified atom stereocenters. The largest absolute Gasteiger partial charge is 0.491 e. The average Bonchev–Trinajstić information content (AvgIpc) is 3.28. The molecule has 0 bridgehead atoms. The van der Waals surface area contributed by atoms with Gasteiger partial charge in [0.2, 0.25) is 0 Å². The van der Waals surface area contributed by atoms with Crippen molar-refractivity contribution in [2.45, 2.75) is 38.7 Å². The van der Waals surface area contributed by atoms with Crippen molar-refractivity contribution >= 4 is 18.3 Å². The van der Waals surface area contributed by atoms with Gasteiger partial charge in [0.05, 0.1) is 17.7 Å². The Morgan fingerprint density at radius 2 is 1.85 bits per heavy atom. The van der Waals surface area contributed by atoms with E-state index in [9.17, 15) is 15.3 Å². The summed E-state index contributed by atoms with van der Waals surface area (Å²) in [5.74, 6) is 0.523. The van der Waals surface area contributed by atoms with Gasteiger partial charge < -0.3 is 24.1 Å². The van der Waals surface area contributed by atoms with Crippen LogP contribution in [0.15, 0.2) is 24.3 Å². The second-order valence-electron chi connectivity index (χ2n) is 8.99. The standard InChI is InChI=1S/C25H28N4O4S/c1-25(2,3)33-24(30)29-10-9-17(15-29)22-19(13-26)21(20(14-27)23(34)28-22)16-5-7-18(8-6-16)32-12-11-31-4/h5-8,17H,9-12,15H2,1-4H3,(H,28,34). The van der Waals surface area contributed by atoms with E-state index in [2.05, 4.69) is 17.1 Å². The number of nitrogens with zero attached hydrogens (tertiary/aromatic N) is 3. The van der Waals surface area contributed by atoms with Crippen molar-refractivity contribution in [3.8, 4) is 29.0 Å². The van der Waals surface area contributed by atoms with E-state index in [1.165, 1.54) is 0 Å². The van der Waals surface area contributed by atoms with Gasteiger partial charge >= 0.3 is 6.09 Å². The molecule has 1 amide bonds. The molecule has 1 aromatic carbocycles. The van der Waals surface area contributed by atoms with E-state index >= 15 is 0 Å². The van der Waals surface area contributed by atoms with Crippen molar-refractivity contribution in [3.63, 3.8) is 0 Å². The smallest absolute Gasteiger partial charge is 0.410 e. The normalized spacial score (nSPS) is 15.5. The topological polar surface area (TPSA) is 111 Å². The lowest BCUT2D eigenvalue weighted by molar-refractivity contribution is 0.0292. The number of nitrogens with one attached hydrogen (secondary N) is 1. The first-order valence-electron chi connectivity index (χ1n) is 11.0. The Bertz CT molecular complexity index is 1190. The summed E-state index contributed by atoms with van der Waals surface area (Å²) in [4.78, 5) is 17.3. The van der Waals surface area contributed by atoms with Crippen LogP contribution in [0.25, 0.3) is 11.1 Å². The second kappa shape index (κ2) is 10.7. The summed E-state index contributed by atoms with van der Waals surface area (Å²) in [5.41, 5.74) is 1.82. The molecule has 1 saturated heterocycles.